The molecule has 24 heavy (non-hydrogen) atoms. The summed E-state index contributed by atoms with van der Waals surface area (Å²) in [5.41, 5.74) is 8.98. The van der Waals surface area contributed by atoms with Crippen LogP contribution in [0.25, 0.3) is 22.3 Å². The normalized spacial score (nSPS) is 11.5. The first-order chi connectivity index (χ1) is 11.4. The third kappa shape index (κ3) is 3.28. The van der Waals surface area contributed by atoms with E-state index >= 15 is 0 Å². The molecule has 0 aliphatic carbocycles. The molecule has 0 fully saturated rings. The Kier molecular flexibility index (Phi) is 4.32. The second kappa shape index (κ2) is 6.28. The molecule has 3 aromatic rings. The highest BCUT2D eigenvalue weighted by molar-refractivity contribution is 5.86. The molecule has 0 heteroatoms. The summed E-state index contributed by atoms with van der Waals surface area (Å²) >= 11 is 0. The summed E-state index contributed by atoms with van der Waals surface area (Å²) in [5, 5.41) is 0. The molecular weight excluding hydrogens is 288 g/mol. The first-order valence-electron chi connectivity index (χ1n) is 8.55. The monoisotopic (exact) mass is 313 g/mol. The zero-order chi connectivity index (χ0) is 17.3. The Hall–Kier alpha value is -2.34. The Bertz CT molecular complexity index is 829. The van der Waals surface area contributed by atoms with Crippen molar-refractivity contribution in [3.63, 3.8) is 0 Å². The molecule has 0 saturated carbocycles. The molecule has 0 saturated heterocycles. The van der Waals surface area contributed by atoms with E-state index in [9.17, 15) is 0 Å². The van der Waals surface area contributed by atoms with Crippen molar-refractivity contribution >= 4 is 0 Å². The maximum absolute atomic E-state index is 3.50. The fraction of sp³-hybridized carbons (Fsp3) is 0.250. The molecular formula is C24H25. The zero-order valence-electron chi connectivity index (χ0n) is 15.3. The van der Waals surface area contributed by atoms with E-state index in [0.717, 1.165) is 0 Å². The summed E-state index contributed by atoms with van der Waals surface area (Å²) in [4.78, 5) is 0. The topological polar surface area (TPSA) is 0 Å². The standard InChI is InChI=1S/C24H25/c1-17-9-13-19(14-10-17)21-7-6-8-22(24(3,4)5)23(21)20-15-11-18(2)12-16-20/h6,8-16H,1-5H3. The maximum Gasteiger partial charge on any atom is -0.00236 e. The van der Waals surface area contributed by atoms with Crippen molar-refractivity contribution in [3.05, 3.63) is 83.4 Å². The van der Waals surface area contributed by atoms with E-state index < -0.39 is 0 Å². The van der Waals surface area contributed by atoms with Gasteiger partial charge in [0.05, 0.1) is 0 Å². The Morgan fingerprint density at radius 1 is 0.667 bits per heavy atom. The minimum Gasteiger partial charge on any atom is -0.0587 e. The van der Waals surface area contributed by atoms with Crippen LogP contribution >= 0.6 is 0 Å². The first-order valence-corrected chi connectivity index (χ1v) is 8.55. The van der Waals surface area contributed by atoms with Crippen LogP contribution in [0.3, 0.4) is 0 Å². The van der Waals surface area contributed by atoms with E-state index in [1.807, 2.05) is 0 Å². The van der Waals surface area contributed by atoms with Crippen LogP contribution in [0.1, 0.15) is 37.5 Å². The Morgan fingerprint density at radius 2 is 1.17 bits per heavy atom. The van der Waals surface area contributed by atoms with Gasteiger partial charge in [0.2, 0.25) is 0 Å². The van der Waals surface area contributed by atoms with Crippen molar-refractivity contribution in [1.29, 1.82) is 0 Å². The van der Waals surface area contributed by atoms with Gasteiger partial charge in [0.25, 0.3) is 0 Å². The summed E-state index contributed by atoms with van der Waals surface area (Å²) in [6, 6.07) is 25.4. The summed E-state index contributed by atoms with van der Waals surface area (Å²) in [6.07, 6.45) is 0. The van der Waals surface area contributed by atoms with Gasteiger partial charge in [0, 0.05) is 0 Å². The van der Waals surface area contributed by atoms with Crippen molar-refractivity contribution in [1.82, 2.24) is 0 Å². The van der Waals surface area contributed by atoms with Gasteiger partial charge in [-0.05, 0) is 53.1 Å². The lowest BCUT2D eigenvalue weighted by Crippen LogP contribution is -2.13. The predicted octanol–water partition coefficient (Wildman–Crippen LogP) is 6.74. The lowest BCUT2D eigenvalue weighted by atomic mass is 9.79. The molecule has 121 valence electrons. The van der Waals surface area contributed by atoms with Crippen LogP contribution in [-0.4, -0.2) is 0 Å². The predicted molar refractivity (Wildman–Crippen MR) is 104 cm³/mol. The van der Waals surface area contributed by atoms with Gasteiger partial charge in [0.15, 0.2) is 0 Å². The van der Waals surface area contributed by atoms with Crippen LogP contribution in [0, 0.1) is 19.9 Å². The van der Waals surface area contributed by atoms with E-state index in [2.05, 4.69) is 101 Å². The Balaban J connectivity index is 2.29. The Labute approximate surface area is 146 Å². The van der Waals surface area contributed by atoms with Gasteiger partial charge >= 0.3 is 0 Å². The number of benzene rings is 3. The SMILES string of the molecule is Cc1ccc(-c2[c]ccc(C(C)(C)C)c2-c2ccc(C)cc2)cc1. The largest absolute Gasteiger partial charge is 0.0587 e. The number of hydrogen-bond donors (Lipinski definition) is 0. The molecule has 0 nitrogen and oxygen atoms in total. The minimum absolute atomic E-state index is 0.0781. The van der Waals surface area contributed by atoms with Gasteiger partial charge in [0.1, 0.15) is 0 Å². The van der Waals surface area contributed by atoms with Crippen LogP contribution < -0.4 is 0 Å². The van der Waals surface area contributed by atoms with Crippen LogP contribution in [0.5, 0.6) is 0 Å². The molecule has 0 aliphatic rings. The van der Waals surface area contributed by atoms with Gasteiger partial charge in [-0.2, -0.15) is 0 Å². The van der Waals surface area contributed by atoms with Crippen molar-refractivity contribution in [3.8, 4) is 22.3 Å². The lowest BCUT2D eigenvalue weighted by molar-refractivity contribution is 0.592. The number of rotatable bonds is 2. The fourth-order valence-corrected chi connectivity index (χ4v) is 3.09. The van der Waals surface area contributed by atoms with E-state index in [-0.39, 0.29) is 5.41 Å². The highest BCUT2D eigenvalue weighted by Gasteiger charge is 2.21. The van der Waals surface area contributed by atoms with Gasteiger partial charge in [-0.3, -0.25) is 0 Å². The molecule has 3 aromatic carbocycles. The molecule has 0 aromatic heterocycles. The van der Waals surface area contributed by atoms with Crippen LogP contribution in [0.2, 0.25) is 0 Å². The van der Waals surface area contributed by atoms with Crippen LogP contribution in [-0.2, 0) is 5.41 Å². The van der Waals surface area contributed by atoms with Gasteiger partial charge < -0.3 is 0 Å². The molecule has 0 aliphatic heterocycles. The smallest absolute Gasteiger partial charge is 0.00236 e. The van der Waals surface area contributed by atoms with E-state index in [1.54, 1.807) is 0 Å². The summed E-state index contributed by atoms with van der Waals surface area (Å²) in [5.74, 6) is 0. The third-order valence-electron chi connectivity index (χ3n) is 4.49. The zero-order valence-corrected chi connectivity index (χ0v) is 15.3. The van der Waals surface area contributed by atoms with Crippen molar-refractivity contribution in [2.24, 2.45) is 0 Å². The average molecular weight is 313 g/mol. The van der Waals surface area contributed by atoms with Crippen molar-refractivity contribution < 1.29 is 0 Å². The third-order valence-corrected chi connectivity index (χ3v) is 4.49. The van der Waals surface area contributed by atoms with Gasteiger partial charge in [-0.1, -0.05) is 92.6 Å². The molecule has 0 N–H and O–H groups in total. The molecule has 1 radical (unpaired) electrons. The molecule has 3 rings (SSSR count). The second-order valence-electron chi connectivity index (χ2n) is 7.62. The van der Waals surface area contributed by atoms with Gasteiger partial charge in [-0.25, -0.2) is 0 Å². The highest BCUT2D eigenvalue weighted by atomic mass is 14.3. The average Bonchev–Trinajstić information content (AvgIpc) is 2.55. The number of aryl methyl sites for hydroxylation is 2. The summed E-state index contributed by atoms with van der Waals surface area (Å²) in [6.45, 7) is 11.1. The fourth-order valence-electron chi connectivity index (χ4n) is 3.09. The molecule has 0 bridgehead atoms. The summed E-state index contributed by atoms with van der Waals surface area (Å²) in [7, 11) is 0. The van der Waals surface area contributed by atoms with E-state index in [0.29, 0.717) is 0 Å². The number of hydrogen-bond acceptors (Lipinski definition) is 0. The quantitative estimate of drug-likeness (QED) is 0.491. The molecule has 0 heterocycles. The van der Waals surface area contributed by atoms with E-state index in [4.69, 9.17) is 0 Å². The highest BCUT2D eigenvalue weighted by Crippen LogP contribution is 2.39. The second-order valence-corrected chi connectivity index (χ2v) is 7.62. The minimum atomic E-state index is 0.0781. The lowest BCUT2D eigenvalue weighted by Gasteiger charge is -2.25. The van der Waals surface area contributed by atoms with Crippen molar-refractivity contribution in [2.45, 2.75) is 40.0 Å². The molecule has 0 amide bonds. The first kappa shape index (κ1) is 16.5. The molecule has 0 spiro atoms. The van der Waals surface area contributed by atoms with E-state index in [1.165, 1.54) is 38.9 Å². The molecule has 0 atom stereocenters. The van der Waals surface area contributed by atoms with Crippen molar-refractivity contribution in [2.75, 3.05) is 0 Å². The maximum atomic E-state index is 3.50. The van der Waals surface area contributed by atoms with Crippen LogP contribution in [0.15, 0.2) is 60.7 Å². The molecule has 0 unspecified atom stereocenters. The Morgan fingerprint density at radius 3 is 1.67 bits per heavy atom. The summed E-state index contributed by atoms with van der Waals surface area (Å²) < 4.78 is 0. The van der Waals surface area contributed by atoms with Gasteiger partial charge in [-0.15, -0.1) is 0 Å². The van der Waals surface area contributed by atoms with Crippen LogP contribution in [0.4, 0.5) is 0 Å².